The summed E-state index contributed by atoms with van der Waals surface area (Å²) in [5.41, 5.74) is 4.03. The molecule has 1 aliphatic heterocycles. The number of hydrazine groups is 1. The first-order valence-corrected chi connectivity index (χ1v) is 8.67. The Balaban J connectivity index is 1.69. The van der Waals surface area contributed by atoms with E-state index in [1.54, 1.807) is 0 Å². The number of hydrogen-bond acceptors (Lipinski definition) is 6. The molecule has 8 heteroatoms. The van der Waals surface area contributed by atoms with Crippen molar-refractivity contribution in [3.63, 3.8) is 0 Å². The van der Waals surface area contributed by atoms with Gasteiger partial charge >= 0.3 is 18.2 Å². The van der Waals surface area contributed by atoms with Crippen molar-refractivity contribution in [2.75, 3.05) is 7.11 Å². The van der Waals surface area contributed by atoms with E-state index in [-0.39, 0.29) is 13.0 Å². The highest BCUT2D eigenvalue weighted by atomic mass is 16.6. The number of esters is 1. The summed E-state index contributed by atoms with van der Waals surface area (Å²) in [6, 6.07) is 17.6. The predicted octanol–water partition coefficient (Wildman–Crippen LogP) is 2.43. The molecule has 0 aliphatic carbocycles. The molecule has 1 saturated heterocycles. The summed E-state index contributed by atoms with van der Waals surface area (Å²) >= 11 is 0. The summed E-state index contributed by atoms with van der Waals surface area (Å²) in [4.78, 5) is 36.4. The average Bonchev–Trinajstić information content (AvgIpc) is 3.03. The van der Waals surface area contributed by atoms with Crippen LogP contribution < -0.4 is 5.43 Å². The first-order valence-electron chi connectivity index (χ1n) is 8.67. The summed E-state index contributed by atoms with van der Waals surface area (Å²) < 4.78 is 15.0. The van der Waals surface area contributed by atoms with Crippen LogP contribution in [0.3, 0.4) is 0 Å². The van der Waals surface area contributed by atoms with E-state index in [0.717, 1.165) is 16.1 Å². The van der Waals surface area contributed by atoms with E-state index in [2.05, 4.69) is 5.43 Å². The lowest BCUT2D eigenvalue weighted by molar-refractivity contribution is -0.150. The maximum Gasteiger partial charge on any atom is 0.430 e. The first-order chi connectivity index (χ1) is 13.6. The molecule has 0 saturated carbocycles. The molecule has 0 bridgehead atoms. The Kier molecular flexibility index (Phi) is 6.11. The predicted molar refractivity (Wildman–Crippen MR) is 97.8 cm³/mol. The zero-order valence-corrected chi connectivity index (χ0v) is 15.2. The van der Waals surface area contributed by atoms with Gasteiger partial charge < -0.3 is 14.2 Å². The van der Waals surface area contributed by atoms with Gasteiger partial charge in [0.05, 0.1) is 7.11 Å². The smallest absolute Gasteiger partial charge is 0.430 e. The van der Waals surface area contributed by atoms with E-state index >= 15 is 0 Å². The van der Waals surface area contributed by atoms with Crippen molar-refractivity contribution >= 4 is 18.2 Å². The van der Waals surface area contributed by atoms with Gasteiger partial charge in [-0.1, -0.05) is 60.7 Å². The van der Waals surface area contributed by atoms with E-state index in [1.807, 2.05) is 60.7 Å². The van der Waals surface area contributed by atoms with Crippen molar-refractivity contribution in [1.82, 2.24) is 10.4 Å². The molecule has 2 aromatic carbocycles. The SMILES string of the molecule is COC(=O)[C@@H]1OC(=O)N(NC(=O)OCc2ccccc2)[C@H]1Cc1ccccc1. The number of carbonyl (C=O) groups excluding carboxylic acids is 3. The summed E-state index contributed by atoms with van der Waals surface area (Å²) in [6.07, 6.45) is -2.56. The van der Waals surface area contributed by atoms with Gasteiger partial charge in [-0.25, -0.2) is 24.8 Å². The van der Waals surface area contributed by atoms with Crippen molar-refractivity contribution in [2.45, 2.75) is 25.2 Å². The first kappa shape index (κ1) is 19.2. The van der Waals surface area contributed by atoms with Crippen molar-refractivity contribution in [3.8, 4) is 0 Å². The molecule has 8 nitrogen and oxygen atoms in total. The number of rotatable bonds is 6. The summed E-state index contributed by atoms with van der Waals surface area (Å²) in [7, 11) is 1.21. The van der Waals surface area contributed by atoms with Crippen LogP contribution >= 0.6 is 0 Å². The Morgan fingerprint density at radius 1 is 1.04 bits per heavy atom. The van der Waals surface area contributed by atoms with E-state index in [1.165, 1.54) is 7.11 Å². The molecule has 2 amide bonds. The number of hydrogen-bond donors (Lipinski definition) is 1. The number of amides is 2. The summed E-state index contributed by atoms with van der Waals surface area (Å²) in [5, 5.41) is 0.974. The fourth-order valence-corrected chi connectivity index (χ4v) is 2.87. The number of nitrogens with zero attached hydrogens (tertiary/aromatic N) is 1. The van der Waals surface area contributed by atoms with Gasteiger partial charge in [0, 0.05) is 0 Å². The van der Waals surface area contributed by atoms with Gasteiger partial charge in [-0.15, -0.1) is 0 Å². The maximum absolute atomic E-state index is 12.2. The van der Waals surface area contributed by atoms with Gasteiger partial charge in [0.25, 0.3) is 0 Å². The van der Waals surface area contributed by atoms with Crippen LogP contribution in [-0.2, 0) is 32.0 Å². The van der Waals surface area contributed by atoms with Crippen LogP contribution in [0.1, 0.15) is 11.1 Å². The van der Waals surface area contributed by atoms with E-state index in [4.69, 9.17) is 14.2 Å². The quantitative estimate of drug-likeness (QED) is 0.607. The van der Waals surface area contributed by atoms with Crippen LogP contribution in [0.4, 0.5) is 9.59 Å². The standard InChI is InChI=1S/C20H20N2O6/c1-26-18(23)17-16(12-14-8-4-2-5-9-14)22(20(25)28-17)21-19(24)27-13-15-10-6-3-7-11-15/h2-11,16-17H,12-13H2,1H3,(H,21,24)/t16-,17+/m0/s1. The lowest BCUT2D eigenvalue weighted by Crippen LogP contribution is -2.51. The highest BCUT2D eigenvalue weighted by Crippen LogP contribution is 2.23. The fraction of sp³-hybridized carbons (Fsp3) is 0.250. The zero-order chi connectivity index (χ0) is 19.9. The van der Waals surface area contributed by atoms with Crippen molar-refractivity contribution in [2.24, 2.45) is 0 Å². The molecule has 2 atom stereocenters. The number of nitrogens with one attached hydrogen (secondary N) is 1. The van der Waals surface area contributed by atoms with Gasteiger partial charge in [-0.2, -0.15) is 0 Å². The highest BCUT2D eigenvalue weighted by molar-refractivity contribution is 5.84. The van der Waals surface area contributed by atoms with Crippen molar-refractivity contribution in [3.05, 3.63) is 71.8 Å². The molecular formula is C20H20N2O6. The van der Waals surface area contributed by atoms with Crippen LogP contribution in [0.15, 0.2) is 60.7 Å². The molecule has 0 radical (unpaired) electrons. The average molecular weight is 384 g/mol. The van der Waals surface area contributed by atoms with Crippen LogP contribution in [0.25, 0.3) is 0 Å². The minimum absolute atomic E-state index is 0.0410. The Bertz CT molecular complexity index is 827. The second-order valence-electron chi connectivity index (χ2n) is 6.13. The van der Waals surface area contributed by atoms with Gasteiger partial charge in [0.2, 0.25) is 6.10 Å². The topological polar surface area (TPSA) is 94.2 Å². The molecule has 0 unspecified atom stereocenters. The second-order valence-corrected chi connectivity index (χ2v) is 6.13. The Morgan fingerprint density at radius 2 is 1.64 bits per heavy atom. The largest absolute Gasteiger partial charge is 0.466 e. The molecule has 2 aromatic rings. The maximum atomic E-state index is 12.2. The number of carbonyl (C=O) groups is 3. The number of cyclic esters (lactones) is 1. The monoisotopic (exact) mass is 384 g/mol. The van der Waals surface area contributed by atoms with E-state index in [9.17, 15) is 14.4 Å². The Labute approximate surface area is 162 Å². The van der Waals surface area contributed by atoms with Crippen molar-refractivity contribution in [1.29, 1.82) is 0 Å². The molecule has 0 aromatic heterocycles. The molecule has 1 aliphatic rings. The Hall–Kier alpha value is -3.55. The molecule has 28 heavy (non-hydrogen) atoms. The molecule has 3 rings (SSSR count). The molecule has 1 fully saturated rings. The van der Waals surface area contributed by atoms with Gasteiger partial charge in [-0.3, -0.25) is 0 Å². The van der Waals surface area contributed by atoms with Crippen LogP contribution in [0, 0.1) is 0 Å². The van der Waals surface area contributed by atoms with E-state index < -0.39 is 30.3 Å². The van der Waals surface area contributed by atoms with Gasteiger partial charge in [0.1, 0.15) is 12.6 Å². The second kappa shape index (κ2) is 8.90. The molecule has 0 spiro atoms. The molecule has 146 valence electrons. The zero-order valence-electron chi connectivity index (χ0n) is 15.2. The van der Waals surface area contributed by atoms with Gasteiger partial charge in [-0.05, 0) is 17.5 Å². The number of benzene rings is 2. The van der Waals surface area contributed by atoms with Crippen LogP contribution in [0.2, 0.25) is 0 Å². The number of ether oxygens (including phenoxy) is 3. The number of methoxy groups -OCH3 is 1. The molecule has 1 N–H and O–H groups in total. The lowest BCUT2D eigenvalue weighted by Gasteiger charge is -2.23. The molecular weight excluding hydrogens is 364 g/mol. The normalized spacial score (nSPS) is 18.3. The highest BCUT2D eigenvalue weighted by Gasteiger charge is 2.47. The Morgan fingerprint density at radius 3 is 2.25 bits per heavy atom. The fourth-order valence-electron chi connectivity index (χ4n) is 2.87. The lowest BCUT2D eigenvalue weighted by atomic mass is 10.0. The minimum Gasteiger partial charge on any atom is -0.466 e. The van der Waals surface area contributed by atoms with Crippen LogP contribution in [-0.4, -0.2) is 42.4 Å². The third kappa shape index (κ3) is 4.59. The summed E-state index contributed by atoms with van der Waals surface area (Å²) in [6.45, 7) is 0.0410. The van der Waals surface area contributed by atoms with E-state index in [0.29, 0.717) is 0 Å². The third-order valence-corrected chi connectivity index (χ3v) is 4.25. The third-order valence-electron chi connectivity index (χ3n) is 4.25. The van der Waals surface area contributed by atoms with Gasteiger partial charge in [0.15, 0.2) is 0 Å². The van der Waals surface area contributed by atoms with Crippen molar-refractivity contribution < 1.29 is 28.6 Å². The minimum atomic E-state index is -1.16. The molecule has 1 heterocycles. The summed E-state index contributed by atoms with van der Waals surface area (Å²) in [5.74, 6) is -0.698. The van der Waals surface area contributed by atoms with Crippen LogP contribution in [0.5, 0.6) is 0 Å².